The molecule has 2 nitrogen and oxygen atoms in total. The van der Waals surface area contributed by atoms with Gasteiger partial charge in [-0.2, -0.15) is 13.2 Å². The molecule has 2 aliphatic carbocycles. The largest absolute Gasteiger partial charge is 0.417 e. The van der Waals surface area contributed by atoms with Crippen LogP contribution in [0.3, 0.4) is 0 Å². The molecule has 0 spiro atoms. The zero-order valence-electron chi connectivity index (χ0n) is 7.98. The fourth-order valence-electron chi connectivity index (χ4n) is 2.05. The lowest BCUT2D eigenvalue weighted by Crippen LogP contribution is -2.31. The number of fused-ring (bicyclic) bond motifs is 3. The number of hydrogen-bond donors (Lipinski definition) is 1. The Bertz CT molecular complexity index is 646. The van der Waals surface area contributed by atoms with Gasteiger partial charge in [0.2, 0.25) is 0 Å². The molecular weight excluding hydrogens is 219 g/mol. The van der Waals surface area contributed by atoms with Crippen LogP contribution in [0.1, 0.15) is 17.7 Å². The summed E-state index contributed by atoms with van der Waals surface area (Å²) in [5.41, 5.74) is -0.0642. The van der Waals surface area contributed by atoms with Crippen molar-refractivity contribution in [3.63, 3.8) is 0 Å². The second-order valence-corrected chi connectivity index (χ2v) is 3.82. The van der Waals surface area contributed by atoms with Crippen LogP contribution in [0.4, 0.5) is 13.2 Å². The van der Waals surface area contributed by atoms with Crippen molar-refractivity contribution in [3.8, 4) is 0 Å². The number of alkyl halides is 3. The number of aromatic amines is 1. The highest BCUT2D eigenvalue weighted by molar-refractivity contribution is 6.11. The monoisotopic (exact) mass is 225 g/mol. The molecule has 16 heavy (non-hydrogen) atoms. The molecule has 1 aromatic rings. The van der Waals surface area contributed by atoms with Crippen molar-refractivity contribution >= 4 is 29.6 Å². The second kappa shape index (κ2) is 2.66. The van der Waals surface area contributed by atoms with E-state index in [9.17, 15) is 18.0 Å². The van der Waals surface area contributed by atoms with Gasteiger partial charge in [-0.25, -0.2) is 0 Å². The van der Waals surface area contributed by atoms with E-state index in [0.29, 0.717) is 16.3 Å². The Kier molecular flexibility index (Phi) is 1.57. The van der Waals surface area contributed by atoms with Crippen LogP contribution in [0.25, 0.3) is 23.8 Å². The summed E-state index contributed by atoms with van der Waals surface area (Å²) in [5.74, 6) is -0.164. The van der Waals surface area contributed by atoms with Crippen LogP contribution < -0.4 is 10.6 Å². The van der Waals surface area contributed by atoms with Crippen molar-refractivity contribution in [2.75, 3.05) is 0 Å². The van der Waals surface area contributed by atoms with Crippen LogP contribution in [-0.4, -0.2) is 16.9 Å². The van der Waals surface area contributed by atoms with Crippen LogP contribution in [0, 0.1) is 0 Å². The van der Waals surface area contributed by atoms with E-state index in [1.807, 2.05) is 0 Å². The van der Waals surface area contributed by atoms with Crippen molar-refractivity contribution in [1.82, 2.24) is 4.98 Å². The van der Waals surface area contributed by atoms with E-state index in [-0.39, 0.29) is 17.8 Å². The Morgan fingerprint density at radius 2 is 2.00 bits per heavy atom. The van der Waals surface area contributed by atoms with Crippen LogP contribution in [-0.2, 0) is 4.79 Å². The predicted octanol–water partition coefficient (Wildman–Crippen LogP) is 0.965. The molecule has 0 saturated heterocycles. The minimum atomic E-state index is -4.35. The minimum absolute atomic E-state index is 0.131. The highest BCUT2D eigenvalue weighted by atomic mass is 19.4. The Hall–Kier alpha value is -1.78. The van der Waals surface area contributed by atoms with Crippen molar-refractivity contribution in [2.24, 2.45) is 0 Å². The van der Waals surface area contributed by atoms with Gasteiger partial charge in [-0.1, -0.05) is 6.08 Å². The van der Waals surface area contributed by atoms with E-state index in [2.05, 4.69) is 4.98 Å². The van der Waals surface area contributed by atoms with Crippen molar-refractivity contribution in [2.45, 2.75) is 12.6 Å². The SMILES string of the molecule is O=C1C=c2c3c([nH]c2=CC1)C=C3C(F)(F)F. The molecule has 0 radical (unpaired) electrons. The van der Waals surface area contributed by atoms with Gasteiger partial charge in [0.25, 0.3) is 0 Å². The standard InChI is InChI=1S/C11H6F3NO/c12-11(13,14)7-4-9-10(7)6-3-5(16)1-2-8(6)15-9/h2-4,15H,1H2. The highest BCUT2D eigenvalue weighted by Crippen LogP contribution is 2.40. The average Bonchev–Trinajstić information content (AvgIpc) is 2.35. The Morgan fingerprint density at radius 1 is 1.25 bits per heavy atom. The number of allylic oxidation sites excluding steroid dienone is 1. The van der Waals surface area contributed by atoms with E-state index in [1.54, 1.807) is 6.08 Å². The van der Waals surface area contributed by atoms with Gasteiger partial charge in [0, 0.05) is 28.2 Å². The smallest absolute Gasteiger partial charge is 0.355 e. The number of ketones is 1. The Balaban J connectivity index is 2.26. The number of hydrogen-bond acceptors (Lipinski definition) is 1. The van der Waals surface area contributed by atoms with Gasteiger partial charge in [0.15, 0.2) is 5.78 Å². The molecule has 0 saturated carbocycles. The molecule has 1 N–H and O–H groups in total. The van der Waals surface area contributed by atoms with Gasteiger partial charge >= 0.3 is 6.18 Å². The number of aromatic nitrogens is 1. The molecule has 0 fully saturated rings. The molecule has 0 unspecified atom stereocenters. The summed E-state index contributed by atoms with van der Waals surface area (Å²) in [4.78, 5) is 14.0. The summed E-state index contributed by atoms with van der Waals surface area (Å²) >= 11 is 0. The first-order valence-corrected chi connectivity index (χ1v) is 4.73. The Labute approximate surface area is 87.8 Å². The fraction of sp³-hybridized carbons (Fsp3) is 0.182. The zero-order valence-corrected chi connectivity index (χ0v) is 7.98. The summed E-state index contributed by atoms with van der Waals surface area (Å²) < 4.78 is 37.6. The molecule has 82 valence electrons. The van der Waals surface area contributed by atoms with Gasteiger partial charge in [-0.05, 0) is 12.2 Å². The molecule has 0 amide bonds. The number of rotatable bonds is 0. The van der Waals surface area contributed by atoms with E-state index < -0.39 is 11.7 Å². The lowest BCUT2D eigenvalue weighted by Gasteiger charge is -2.18. The predicted molar refractivity (Wildman–Crippen MR) is 52.5 cm³/mol. The number of Topliss-reactive ketones (excluding diaryl/α,β-unsaturated/α-hetero) is 1. The van der Waals surface area contributed by atoms with Crippen molar-refractivity contribution in [3.05, 3.63) is 21.8 Å². The van der Waals surface area contributed by atoms with E-state index >= 15 is 0 Å². The topological polar surface area (TPSA) is 32.9 Å². The summed E-state index contributed by atoms with van der Waals surface area (Å²) in [6, 6.07) is 0. The first-order chi connectivity index (χ1) is 7.47. The molecule has 2 aliphatic rings. The minimum Gasteiger partial charge on any atom is -0.355 e. The fourth-order valence-corrected chi connectivity index (χ4v) is 2.05. The summed E-state index contributed by atoms with van der Waals surface area (Å²) in [7, 11) is 0. The first kappa shape index (κ1) is 9.45. The second-order valence-electron chi connectivity index (χ2n) is 3.82. The van der Waals surface area contributed by atoms with Crippen molar-refractivity contribution in [1.29, 1.82) is 0 Å². The van der Waals surface area contributed by atoms with Crippen LogP contribution in [0.15, 0.2) is 0 Å². The molecule has 0 atom stereocenters. The van der Waals surface area contributed by atoms with Crippen LogP contribution in [0.5, 0.6) is 0 Å². The Morgan fingerprint density at radius 3 is 2.69 bits per heavy atom. The molecule has 1 heterocycles. The number of carbonyl (C=O) groups excluding carboxylic acids is 1. The van der Waals surface area contributed by atoms with E-state index in [0.717, 1.165) is 6.08 Å². The molecule has 0 bridgehead atoms. The van der Waals surface area contributed by atoms with Crippen molar-refractivity contribution < 1.29 is 18.0 Å². The normalized spacial score (nSPS) is 17.7. The van der Waals surface area contributed by atoms with Gasteiger partial charge in [0.1, 0.15) is 0 Å². The van der Waals surface area contributed by atoms with E-state index in [1.165, 1.54) is 6.08 Å². The molecule has 0 aliphatic heterocycles. The van der Waals surface area contributed by atoms with Crippen LogP contribution in [0.2, 0.25) is 0 Å². The maximum absolute atomic E-state index is 12.5. The quantitative estimate of drug-likeness (QED) is 0.701. The molecule has 0 aromatic carbocycles. The maximum atomic E-state index is 12.5. The summed E-state index contributed by atoms with van der Waals surface area (Å²) in [6.45, 7) is 0. The lowest BCUT2D eigenvalue weighted by atomic mass is 9.92. The van der Waals surface area contributed by atoms with Gasteiger partial charge in [0.05, 0.1) is 5.57 Å². The zero-order chi connectivity index (χ0) is 11.5. The van der Waals surface area contributed by atoms with Gasteiger partial charge in [-0.15, -0.1) is 0 Å². The number of H-pyrrole nitrogens is 1. The lowest BCUT2D eigenvalue weighted by molar-refractivity contribution is -0.112. The molecular formula is C11H6F3NO. The molecule has 3 rings (SSSR count). The maximum Gasteiger partial charge on any atom is 0.417 e. The van der Waals surface area contributed by atoms with E-state index in [4.69, 9.17) is 0 Å². The molecule has 1 aromatic heterocycles. The number of carbonyl (C=O) groups is 1. The van der Waals surface area contributed by atoms with Gasteiger partial charge in [-0.3, -0.25) is 4.79 Å². The van der Waals surface area contributed by atoms with Crippen LogP contribution >= 0.6 is 0 Å². The molecule has 5 heteroatoms. The third kappa shape index (κ3) is 1.11. The third-order valence-electron chi connectivity index (χ3n) is 2.77. The highest BCUT2D eigenvalue weighted by Gasteiger charge is 2.41. The number of halogens is 3. The van der Waals surface area contributed by atoms with Gasteiger partial charge < -0.3 is 4.98 Å². The number of nitrogens with one attached hydrogen (secondary N) is 1. The first-order valence-electron chi connectivity index (χ1n) is 4.73. The third-order valence-corrected chi connectivity index (χ3v) is 2.77. The summed E-state index contributed by atoms with van der Waals surface area (Å²) in [6.07, 6.45) is -0.133. The summed E-state index contributed by atoms with van der Waals surface area (Å²) in [5, 5.41) is 0.987. The average molecular weight is 225 g/mol.